The van der Waals surface area contributed by atoms with Gasteiger partial charge in [-0.3, -0.25) is 0 Å². The highest BCUT2D eigenvalue weighted by Crippen LogP contribution is 2.42. The summed E-state index contributed by atoms with van der Waals surface area (Å²) in [5.74, 6) is 9.34. The summed E-state index contributed by atoms with van der Waals surface area (Å²) >= 11 is 0. The highest BCUT2D eigenvalue weighted by molar-refractivity contribution is 5.73. The van der Waals surface area contributed by atoms with Gasteiger partial charge in [0.25, 0.3) is 0 Å². The van der Waals surface area contributed by atoms with E-state index < -0.39 is 0 Å². The molecule has 0 saturated heterocycles. The highest BCUT2D eigenvalue weighted by atomic mass is 16.5. The van der Waals surface area contributed by atoms with Crippen LogP contribution in [0.25, 0.3) is 11.3 Å². The zero-order chi connectivity index (χ0) is 14.4. The molecular weight excluding hydrogens is 268 g/mol. The first-order valence-corrected chi connectivity index (χ1v) is 7.27. The van der Waals surface area contributed by atoms with Crippen molar-refractivity contribution in [3.8, 4) is 22.8 Å². The van der Waals surface area contributed by atoms with Gasteiger partial charge in [-0.1, -0.05) is 0 Å². The van der Waals surface area contributed by atoms with E-state index in [1.54, 1.807) is 0 Å². The third kappa shape index (κ3) is 2.07. The van der Waals surface area contributed by atoms with Crippen molar-refractivity contribution < 1.29 is 9.47 Å². The number of ether oxygens (including phenoxy) is 2. The summed E-state index contributed by atoms with van der Waals surface area (Å²) in [6.45, 7) is 1.34. The molecule has 6 heteroatoms. The predicted molar refractivity (Wildman–Crippen MR) is 79.8 cm³/mol. The van der Waals surface area contributed by atoms with Crippen LogP contribution in [0.4, 0.5) is 5.82 Å². The Morgan fingerprint density at radius 1 is 1.14 bits per heavy atom. The van der Waals surface area contributed by atoms with E-state index in [1.807, 2.05) is 18.2 Å². The quantitative estimate of drug-likeness (QED) is 0.823. The lowest BCUT2D eigenvalue weighted by Gasteiger charge is -2.08. The number of aromatic nitrogens is 2. The molecule has 0 atom stereocenters. The fourth-order valence-corrected chi connectivity index (χ4v) is 2.62. The fourth-order valence-electron chi connectivity index (χ4n) is 2.62. The first kappa shape index (κ1) is 12.4. The summed E-state index contributed by atoms with van der Waals surface area (Å²) in [6.07, 6.45) is 3.15. The van der Waals surface area contributed by atoms with Crippen LogP contribution in [0, 0.1) is 0 Å². The standard InChI is InChI=1S/C15H18N4O2/c16-14-13(18-15(19(14)17)9-2-3-9)10-4-5-11-12(8-10)21-7-1-6-20-11/h4-5,8-9H,1-3,6-7,16-17H2. The molecule has 4 N–H and O–H groups in total. The molecular formula is C15H18N4O2. The number of nitrogens with zero attached hydrogens (tertiary/aromatic N) is 2. The smallest absolute Gasteiger partial charge is 0.161 e. The van der Waals surface area contributed by atoms with Gasteiger partial charge in [-0.25, -0.2) is 9.66 Å². The van der Waals surface area contributed by atoms with Crippen LogP contribution in [-0.2, 0) is 0 Å². The summed E-state index contributed by atoms with van der Waals surface area (Å²) < 4.78 is 12.9. The Balaban J connectivity index is 1.76. The summed E-state index contributed by atoms with van der Waals surface area (Å²) in [4.78, 5) is 4.63. The maximum atomic E-state index is 6.11. The number of rotatable bonds is 2. The first-order valence-electron chi connectivity index (χ1n) is 7.27. The zero-order valence-corrected chi connectivity index (χ0v) is 11.7. The molecule has 2 heterocycles. The number of benzene rings is 1. The lowest BCUT2D eigenvalue weighted by molar-refractivity contribution is 0.297. The molecule has 1 aromatic carbocycles. The molecule has 4 rings (SSSR count). The third-order valence-corrected chi connectivity index (χ3v) is 3.94. The van der Waals surface area contributed by atoms with Crippen molar-refractivity contribution in [1.82, 2.24) is 9.66 Å². The Hall–Kier alpha value is -2.37. The largest absolute Gasteiger partial charge is 0.490 e. The Morgan fingerprint density at radius 2 is 1.90 bits per heavy atom. The van der Waals surface area contributed by atoms with E-state index >= 15 is 0 Å². The monoisotopic (exact) mass is 286 g/mol. The molecule has 21 heavy (non-hydrogen) atoms. The normalized spacial score (nSPS) is 17.5. The van der Waals surface area contributed by atoms with Gasteiger partial charge < -0.3 is 21.1 Å². The van der Waals surface area contributed by atoms with Gasteiger partial charge in [0.05, 0.1) is 13.2 Å². The number of nitrogen functional groups attached to an aromatic ring is 2. The Bertz CT molecular complexity index is 691. The first-order chi connectivity index (χ1) is 10.2. The second-order valence-corrected chi connectivity index (χ2v) is 5.56. The number of imidazole rings is 1. The molecule has 1 aliphatic carbocycles. The summed E-state index contributed by atoms with van der Waals surface area (Å²) in [5, 5.41) is 0. The lowest BCUT2D eigenvalue weighted by Crippen LogP contribution is -2.14. The van der Waals surface area contributed by atoms with E-state index in [-0.39, 0.29) is 0 Å². The van der Waals surface area contributed by atoms with E-state index in [4.69, 9.17) is 21.1 Å². The van der Waals surface area contributed by atoms with E-state index in [0.717, 1.165) is 47.8 Å². The Kier molecular flexibility index (Phi) is 2.70. The van der Waals surface area contributed by atoms with Crippen LogP contribution in [0.5, 0.6) is 11.5 Å². The van der Waals surface area contributed by atoms with Crippen molar-refractivity contribution in [3.63, 3.8) is 0 Å². The molecule has 6 nitrogen and oxygen atoms in total. The summed E-state index contributed by atoms with van der Waals surface area (Å²) in [7, 11) is 0. The molecule has 2 aromatic rings. The van der Waals surface area contributed by atoms with Gasteiger partial charge in [0, 0.05) is 17.9 Å². The predicted octanol–water partition coefficient (Wildman–Crippen LogP) is 1.88. The fraction of sp³-hybridized carbons (Fsp3) is 0.400. The number of hydrogen-bond acceptors (Lipinski definition) is 5. The van der Waals surface area contributed by atoms with Crippen LogP contribution < -0.4 is 21.1 Å². The van der Waals surface area contributed by atoms with Crippen LogP contribution in [0.1, 0.15) is 31.0 Å². The van der Waals surface area contributed by atoms with Crippen LogP contribution >= 0.6 is 0 Å². The van der Waals surface area contributed by atoms with Gasteiger partial charge in [-0.2, -0.15) is 0 Å². The van der Waals surface area contributed by atoms with E-state index in [9.17, 15) is 0 Å². The molecule has 0 spiro atoms. The minimum Gasteiger partial charge on any atom is -0.490 e. The van der Waals surface area contributed by atoms with Crippen molar-refractivity contribution in [2.24, 2.45) is 0 Å². The SMILES string of the molecule is Nc1c(-c2ccc3c(c2)OCCCO3)nc(C2CC2)n1N. The molecule has 1 aliphatic heterocycles. The van der Waals surface area contributed by atoms with Crippen molar-refractivity contribution in [2.75, 3.05) is 24.8 Å². The van der Waals surface area contributed by atoms with Crippen LogP contribution in [0.2, 0.25) is 0 Å². The molecule has 1 saturated carbocycles. The topological polar surface area (TPSA) is 88.3 Å². The average Bonchev–Trinajstić information content (AvgIpc) is 3.30. The van der Waals surface area contributed by atoms with Gasteiger partial charge >= 0.3 is 0 Å². The van der Waals surface area contributed by atoms with Gasteiger partial charge in [0.1, 0.15) is 11.5 Å². The Labute approximate surface area is 122 Å². The molecule has 0 bridgehead atoms. The minimum atomic E-state index is 0.450. The van der Waals surface area contributed by atoms with Crippen LogP contribution in [0.3, 0.4) is 0 Å². The van der Waals surface area contributed by atoms with Crippen LogP contribution in [0.15, 0.2) is 18.2 Å². The zero-order valence-electron chi connectivity index (χ0n) is 11.7. The molecule has 1 aromatic heterocycles. The maximum Gasteiger partial charge on any atom is 0.161 e. The van der Waals surface area contributed by atoms with E-state index in [1.165, 1.54) is 4.68 Å². The van der Waals surface area contributed by atoms with Gasteiger partial charge in [0.15, 0.2) is 17.3 Å². The van der Waals surface area contributed by atoms with Crippen molar-refractivity contribution >= 4 is 5.82 Å². The second-order valence-electron chi connectivity index (χ2n) is 5.56. The highest BCUT2D eigenvalue weighted by Gasteiger charge is 2.30. The molecule has 2 aliphatic rings. The average molecular weight is 286 g/mol. The van der Waals surface area contributed by atoms with Crippen LogP contribution in [-0.4, -0.2) is 22.9 Å². The third-order valence-electron chi connectivity index (χ3n) is 3.94. The number of fused-ring (bicyclic) bond motifs is 1. The van der Waals surface area contributed by atoms with Gasteiger partial charge in [-0.15, -0.1) is 0 Å². The van der Waals surface area contributed by atoms with Crippen molar-refractivity contribution in [3.05, 3.63) is 24.0 Å². The number of nitrogens with two attached hydrogens (primary N) is 2. The lowest BCUT2D eigenvalue weighted by atomic mass is 10.1. The Morgan fingerprint density at radius 3 is 2.67 bits per heavy atom. The maximum absolute atomic E-state index is 6.11. The number of anilines is 1. The molecule has 110 valence electrons. The van der Waals surface area contributed by atoms with Gasteiger partial charge in [0.2, 0.25) is 0 Å². The second kappa shape index (κ2) is 4.58. The molecule has 0 radical (unpaired) electrons. The molecule has 1 fully saturated rings. The van der Waals surface area contributed by atoms with Crippen molar-refractivity contribution in [2.45, 2.75) is 25.2 Å². The number of hydrogen-bond donors (Lipinski definition) is 2. The molecule has 0 unspecified atom stereocenters. The minimum absolute atomic E-state index is 0.450. The summed E-state index contributed by atoms with van der Waals surface area (Å²) in [5.41, 5.74) is 7.73. The van der Waals surface area contributed by atoms with Crippen molar-refractivity contribution in [1.29, 1.82) is 0 Å². The summed E-state index contributed by atoms with van der Waals surface area (Å²) in [6, 6.07) is 5.78. The van der Waals surface area contributed by atoms with E-state index in [2.05, 4.69) is 4.98 Å². The van der Waals surface area contributed by atoms with Gasteiger partial charge in [-0.05, 0) is 31.0 Å². The van der Waals surface area contributed by atoms with E-state index in [0.29, 0.717) is 24.9 Å². The molecule has 0 amide bonds.